The number of aromatic nitrogens is 2. The van der Waals surface area contributed by atoms with Crippen LogP contribution < -0.4 is 69.3 Å². The van der Waals surface area contributed by atoms with Gasteiger partial charge >= 0.3 is 59.1 Å². The van der Waals surface area contributed by atoms with E-state index in [9.17, 15) is 65.8 Å². The van der Waals surface area contributed by atoms with Gasteiger partial charge < -0.3 is 85.1 Å². The molecule has 2 aliphatic heterocycles. The van der Waals surface area contributed by atoms with Gasteiger partial charge in [0, 0.05) is 43.3 Å². The van der Waals surface area contributed by atoms with Crippen LogP contribution >= 0.6 is 46.7 Å². The molecule has 12 atom stereocenters. The minimum Gasteiger partial charge on any atom is -0.550 e. The molecule has 0 radical (unpaired) electrons. The molecule has 4 aliphatic rings. The summed E-state index contributed by atoms with van der Waals surface area (Å²) in [5.74, 6) is -0.337. The Hall–Kier alpha value is -4.68. The predicted octanol–water partition coefficient (Wildman–Crippen LogP) is 3.84. The molecule has 2 aromatic heterocycles. The number of nitrogens with zero attached hydrogens (tertiary/aromatic N) is 2. The van der Waals surface area contributed by atoms with E-state index in [4.69, 9.17) is 52.5 Å². The summed E-state index contributed by atoms with van der Waals surface area (Å²) in [4.78, 5) is 32.2. The maximum Gasteiger partial charge on any atom is 1.00 e. The summed E-state index contributed by atoms with van der Waals surface area (Å²) in [5, 5.41) is 124. The summed E-state index contributed by atoms with van der Waals surface area (Å²) in [6, 6.07) is 52.8. The van der Waals surface area contributed by atoms with Crippen LogP contribution in [0.25, 0.3) is 46.1 Å². The molecule has 8 aromatic rings. The van der Waals surface area contributed by atoms with Gasteiger partial charge in [-0.05, 0) is 207 Å². The molecule has 0 bridgehead atoms. The van der Waals surface area contributed by atoms with Gasteiger partial charge in [-0.15, -0.1) is 0 Å². The zero-order valence-corrected chi connectivity index (χ0v) is 68.1. The number of aliphatic carboxylic acids is 2. The second-order valence-electron chi connectivity index (χ2n) is 28.9. The van der Waals surface area contributed by atoms with E-state index in [0.717, 1.165) is 129 Å². The summed E-state index contributed by atoms with van der Waals surface area (Å²) < 4.78 is 15.3. The smallest absolute Gasteiger partial charge is 0.550 e. The topological polar surface area (TPSA) is 336 Å². The number of benzene rings is 6. The number of carboxylic acid groups (broad SMARTS) is 2. The summed E-state index contributed by atoms with van der Waals surface area (Å²) in [6.45, 7) is 5.95. The SMILES string of the molecule is CC(C)(O)c1ccccc1CC[C@@H](SCC1(CC(=O)[O-])CC1)c1cccc(/C=C/c2ccc3ccc(Cl)cc3n2)c1.CC(C)(O)c1ccccc1CC[C@@H](SCC1(CC(=O)[O-])CC1)c1cccc(/C=C/c2ccc3ccc(Cl)cc3n2)c1.OC[C@H]1O[C@@H](O[C@H]2[C@H](O)[C@@H](O)[C@H](O)O[C@@H]2CO)[C@H](O)[C@@H](O)[C@H]1O.[Na+].[Na+]. The Morgan fingerprint density at radius 1 is 0.542 bits per heavy atom. The van der Waals surface area contributed by atoms with E-state index in [0.29, 0.717) is 10.0 Å². The number of aliphatic hydroxyl groups is 10. The number of pyridine rings is 2. The van der Waals surface area contributed by atoms with Crippen LogP contribution in [0.15, 0.2) is 158 Å². The van der Waals surface area contributed by atoms with E-state index < -0.39 is 97.8 Å². The molecule has 0 spiro atoms. The molecular weight excluding hydrogens is 1470 g/mol. The van der Waals surface area contributed by atoms with Gasteiger partial charge in [-0.25, -0.2) is 9.97 Å². The van der Waals surface area contributed by atoms with Gasteiger partial charge in [-0.3, -0.25) is 0 Å². The van der Waals surface area contributed by atoms with Crippen LogP contribution in [-0.4, -0.2) is 159 Å². The Kier molecular flexibility index (Phi) is 32.6. The molecular formula is C82H92Cl2N2Na2O17S2. The largest absolute Gasteiger partial charge is 1.00 e. The van der Waals surface area contributed by atoms with E-state index >= 15 is 0 Å². The van der Waals surface area contributed by atoms with Crippen molar-refractivity contribution in [2.45, 2.75) is 175 Å². The number of hydrogen-bond donors (Lipinski definition) is 10. The number of aliphatic hydroxyl groups excluding tert-OH is 8. The molecule has 12 rings (SSSR count). The molecule has 107 heavy (non-hydrogen) atoms. The molecule has 19 nitrogen and oxygen atoms in total. The van der Waals surface area contributed by atoms with Crippen molar-refractivity contribution in [1.82, 2.24) is 9.97 Å². The van der Waals surface area contributed by atoms with E-state index in [2.05, 4.69) is 72.8 Å². The van der Waals surface area contributed by atoms with Gasteiger partial charge in [0.1, 0.15) is 48.8 Å². The van der Waals surface area contributed by atoms with Crippen LogP contribution in [0.5, 0.6) is 0 Å². The van der Waals surface area contributed by atoms with Crippen LogP contribution in [0.3, 0.4) is 0 Å². The van der Waals surface area contributed by atoms with Crippen LogP contribution in [0, 0.1) is 10.8 Å². The Morgan fingerprint density at radius 2 is 0.972 bits per heavy atom. The molecule has 0 unspecified atom stereocenters. The fourth-order valence-corrected chi connectivity index (χ4v) is 16.7. The predicted molar refractivity (Wildman–Crippen MR) is 406 cm³/mol. The van der Waals surface area contributed by atoms with Crippen molar-refractivity contribution >= 4 is 105 Å². The molecule has 560 valence electrons. The standard InChI is InChI=1S/2C35H36ClNO3S.C12H22O11.2Na/c2*1-34(2,40)30-9-4-3-7-25(30)13-17-32(41-23-35(18-19-35)22-33(38)39)27-8-5-6-24(20-27)10-15-29-16-12-26-11-14-28(36)21-31(26)37-29;13-1-3-5(15)6(16)9(19)12(22-3)23-10-4(2-14)21-11(20)8(18)7(10)17;;/h2*3-12,14-16,20-21,32,40H,13,17-19,22-23H2,1-2H3,(H,38,39);3-20H,1-2H2;;/q;;;2*+1/p-2/b2*15-10+;;;/t2*32-;3-,4-,5+,6+,7-,8-,9-,10-,11-,12+;;/m111../s1. The monoisotopic (exact) mass is 1560 g/mol. The van der Waals surface area contributed by atoms with Gasteiger partial charge in [0.2, 0.25) is 0 Å². The number of fused-ring (bicyclic) bond motifs is 2. The zero-order chi connectivity index (χ0) is 75.4. The van der Waals surface area contributed by atoms with Gasteiger partial charge in [0.15, 0.2) is 12.6 Å². The number of carbonyl (C=O) groups is 2. The number of hydrogen-bond acceptors (Lipinski definition) is 21. The summed E-state index contributed by atoms with van der Waals surface area (Å²) in [7, 11) is 0. The maximum atomic E-state index is 11.4. The summed E-state index contributed by atoms with van der Waals surface area (Å²) in [5.41, 5.74) is 10.1. The van der Waals surface area contributed by atoms with Crippen LogP contribution in [0.4, 0.5) is 0 Å². The Balaban J connectivity index is 0.000000209. The first kappa shape index (κ1) is 87.9. The summed E-state index contributed by atoms with van der Waals surface area (Å²) >= 11 is 16.0. The average Bonchev–Trinajstić information content (AvgIpc) is 1.67. The Labute approximate surface area is 687 Å². The first-order valence-corrected chi connectivity index (χ1v) is 38.1. The van der Waals surface area contributed by atoms with Crippen LogP contribution in [-0.2, 0) is 47.8 Å². The molecule has 6 aromatic carbocycles. The number of ether oxygens (including phenoxy) is 3. The van der Waals surface area contributed by atoms with Crippen molar-refractivity contribution in [3.8, 4) is 0 Å². The van der Waals surface area contributed by atoms with Crippen molar-refractivity contribution < 1.29 is 144 Å². The Morgan fingerprint density at radius 3 is 1.38 bits per heavy atom. The van der Waals surface area contributed by atoms with E-state index in [1.54, 1.807) is 0 Å². The molecule has 4 fully saturated rings. The third-order valence-corrected chi connectivity index (χ3v) is 23.5. The fourth-order valence-electron chi connectivity index (χ4n) is 13.3. The molecule has 2 aliphatic carbocycles. The minimum absolute atomic E-state index is 0. The second-order valence-corrected chi connectivity index (χ2v) is 32.1. The first-order chi connectivity index (χ1) is 50.0. The van der Waals surface area contributed by atoms with Crippen LogP contribution in [0.2, 0.25) is 10.0 Å². The van der Waals surface area contributed by atoms with E-state index in [1.165, 1.54) is 11.1 Å². The molecule has 2 saturated heterocycles. The fraction of sp³-hybridized carbons (Fsp3) is 0.415. The van der Waals surface area contributed by atoms with Crippen LogP contribution in [0.1, 0.15) is 145 Å². The van der Waals surface area contributed by atoms with E-state index in [-0.39, 0.29) is 93.3 Å². The van der Waals surface area contributed by atoms with Crippen molar-refractivity contribution in [2.24, 2.45) is 10.8 Å². The van der Waals surface area contributed by atoms with Gasteiger partial charge in [0.25, 0.3) is 0 Å². The number of rotatable bonds is 28. The average molecular weight is 1560 g/mol. The molecule has 25 heteroatoms. The normalized spacial score (nSPS) is 22.8. The molecule has 2 saturated carbocycles. The van der Waals surface area contributed by atoms with Crippen molar-refractivity contribution in [2.75, 3.05) is 24.7 Å². The quantitative estimate of drug-likeness (QED) is 0.0311. The van der Waals surface area contributed by atoms with Crippen molar-refractivity contribution in [3.63, 3.8) is 0 Å². The minimum atomic E-state index is -1.74. The third kappa shape index (κ3) is 24.7. The number of aryl methyl sites for hydroxylation is 2. The van der Waals surface area contributed by atoms with Crippen molar-refractivity contribution in [3.05, 3.63) is 224 Å². The third-order valence-electron chi connectivity index (χ3n) is 19.6. The second kappa shape index (κ2) is 39.7. The van der Waals surface area contributed by atoms with Crippen molar-refractivity contribution in [1.29, 1.82) is 0 Å². The number of thioether (sulfide) groups is 2. The van der Waals surface area contributed by atoms with E-state index in [1.807, 2.05) is 160 Å². The van der Waals surface area contributed by atoms with Gasteiger partial charge in [-0.2, -0.15) is 23.5 Å². The molecule has 0 amide bonds. The Bertz CT molecular complexity index is 4090. The number of halogens is 2. The zero-order valence-electron chi connectivity index (χ0n) is 60.9. The number of carboxylic acids is 2. The summed E-state index contributed by atoms with van der Waals surface area (Å²) in [6.07, 6.45) is -0.00376. The van der Waals surface area contributed by atoms with Gasteiger partial charge in [-0.1, -0.05) is 157 Å². The molecule has 10 N–H and O–H groups in total. The van der Waals surface area contributed by atoms with Gasteiger partial charge in [0.05, 0.1) is 46.8 Å². The maximum absolute atomic E-state index is 11.4. The number of carbonyl (C=O) groups excluding carboxylic acids is 2. The first-order valence-electron chi connectivity index (χ1n) is 35.2. The molecule has 4 heterocycles.